The highest BCUT2D eigenvalue weighted by Gasteiger charge is 2.57. The van der Waals surface area contributed by atoms with Crippen molar-refractivity contribution in [3.05, 3.63) is 6.33 Å². The number of nitrogens with two attached hydrogens (primary N) is 2. The largest absolute Gasteiger partial charge is 0.393 e. The van der Waals surface area contributed by atoms with Crippen LogP contribution in [0.1, 0.15) is 12.6 Å². The highest BCUT2D eigenvalue weighted by molar-refractivity contribution is 5.82. The van der Waals surface area contributed by atoms with Gasteiger partial charge in [-0.05, 0) is 0 Å². The van der Waals surface area contributed by atoms with Crippen molar-refractivity contribution in [1.29, 1.82) is 0 Å². The maximum atomic E-state index is 9.47. The van der Waals surface area contributed by atoms with Crippen LogP contribution in [0, 0.1) is 0 Å². The van der Waals surface area contributed by atoms with E-state index in [1.165, 1.54) is 0 Å². The molecule has 3 atom stereocenters. The summed E-state index contributed by atoms with van der Waals surface area (Å²) >= 11 is 0. The number of rotatable bonds is 2. The summed E-state index contributed by atoms with van der Waals surface area (Å²) in [4.78, 5) is 12.2. The van der Waals surface area contributed by atoms with Crippen LogP contribution in [-0.4, -0.2) is 49.5 Å². The summed E-state index contributed by atoms with van der Waals surface area (Å²) in [5.41, 5.74) is 11.8. The van der Waals surface area contributed by atoms with Crippen LogP contribution in [0.5, 0.6) is 0 Å². The molecule has 2 aromatic heterocycles. The molecule has 4 heterocycles. The molecule has 2 aliphatic rings. The van der Waals surface area contributed by atoms with Gasteiger partial charge in [0.05, 0.1) is 25.6 Å². The number of fused-ring (bicyclic) bond motifs is 2. The van der Waals surface area contributed by atoms with Gasteiger partial charge in [-0.15, -0.1) is 0 Å². The number of nitrogens with zero attached hydrogens (tertiary/aromatic N) is 4. The second-order valence-electron chi connectivity index (χ2n) is 5.12. The first kappa shape index (κ1) is 11.8. The molecule has 0 amide bonds. The molecule has 2 aliphatic heterocycles. The molecule has 0 radical (unpaired) electrons. The molecule has 4 rings (SSSR count). The van der Waals surface area contributed by atoms with Gasteiger partial charge in [-0.25, -0.2) is 4.98 Å². The van der Waals surface area contributed by atoms with Gasteiger partial charge in [-0.1, -0.05) is 0 Å². The van der Waals surface area contributed by atoms with Crippen molar-refractivity contribution in [3.8, 4) is 0 Å². The van der Waals surface area contributed by atoms with E-state index in [0.717, 1.165) is 0 Å². The minimum absolute atomic E-state index is 0.0694. The molecular weight excluding hydrogens is 264 g/mol. The fourth-order valence-corrected chi connectivity index (χ4v) is 2.80. The zero-order chi connectivity index (χ0) is 13.9. The van der Waals surface area contributed by atoms with Gasteiger partial charge in [0.25, 0.3) is 0 Å². The third kappa shape index (κ3) is 1.39. The Kier molecular flexibility index (Phi) is 2.23. The quantitative estimate of drug-likeness (QED) is 0.639. The van der Waals surface area contributed by atoms with Gasteiger partial charge in [-0.3, -0.25) is 4.57 Å². The monoisotopic (exact) mass is 278 g/mol. The fraction of sp³-hybridized carbons (Fsp3) is 0.545. The van der Waals surface area contributed by atoms with Gasteiger partial charge in [0.1, 0.15) is 17.3 Å². The first-order valence-corrected chi connectivity index (χ1v) is 6.29. The second-order valence-corrected chi connectivity index (χ2v) is 5.12. The first-order chi connectivity index (χ1) is 9.63. The number of nitrogen functional groups attached to an aromatic ring is 2. The molecule has 9 heteroatoms. The minimum Gasteiger partial charge on any atom is -0.393 e. The number of imidazole rings is 1. The summed E-state index contributed by atoms with van der Waals surface area (Å²) < 4.78 is 13.1. The van der Waals surface area contributed by atoms with Gasteiger partial charge in [-0.2, -0.15) is 9.97 Å². The predicted molar refractivity (Wildman–Crippen MR) is 68.4 cm³/mol. The van der Waals surface area contributed by atoms with Crippen LogP contribution in [0.15, 0.2) is 6.33 Å². The summed E-state index contributed by atoms with van der Waals surface area (Å²) in [6.07, 6.45) is 1.80. The van der Waals surface area contributed by atoms with Crippen molar-refractivity contribution in [1.82, 2.24) is 19.5 Å². The summed E-state index contributed by atoms with van der Waals surface area (Å²) in [5, 5.41) is 9.47. The Hall–Kier alpha value is -1.97. The van der Waals surface area contributed by atoms with Gasteiger partial charge in [0.15, 0.2) is 11.5 Å². The van der Waals surface area contributed by atoms with E-state index in [2.05, 4.69) is 15.0 Å². The molecule has 0 bridgehead atoms. The predicted octanol–water partition coefficient (Wildman–Crippen LogP) is -0.961. The lowest BCUT2D eigenvalue weighted by molar-refractivity contribution is -0.242. The summed E-state index contributed by atoms with van der Waals surface area (Å²) in [6.45, 7) is 0.330. The normalized spacial score (nSPS) is 32.2. The number of aliphatic hydroxyl groups is 1. The van der Waals surface area contributed by atoms with Gasteiger partial charge in [0.2, 0.25) is 5.95 Å². The highest BCUT2D eigenvalue weighted by Crippen LogP contribution is 2.45. The van der Waals surface area contributed by atoms with Crippen molar-refractivity contribution in [3.63, 3.8) is 0 Å². The summed E-state index contributed by atoms with van der Waals surface area (Å²) in [6, 6.07) is 0. The number of ether oxygens (including phenoxy) is 2. The molecule has 2 aromatic rings. The van der Waals surface area contributed by atoms with E-state index in [1.807, 2.05) is 0 Å². The Bertz CT molecular complexity index is 684. The number of aromatic nitrogens is 4. The van der Waals surface area contributed by atoms with E-state index < -0.39 is 5.60 Å². The number of anilines is 2. The lowest BCUT2D eigenvalue weighted by atomic mass is 9.93. The Morgan fingerprint density at radius 2 is 2.30 bits per heavy atom. The van der Waals surface area contributed by atoms with Crippen LogP contribution >= 0.6 is 0 Å². The topological polar surface area (TPSA) is 134 Å². The molecule has 0 aromatic carbocycles. The van der Waals surface area contributed by atoms with Gasteiger partial charge >= 0.3 is 0 Å². The maximum absolute atomic E-state index is 9.47. The minimum atomic E-state index is -0.606. The summed E-state index contributed by atoms with van der Waals surface area (Å²) in [7, 11) is 0. The van der Waals surface area contributed by atoms with Crippen LogP contribution in [0.4, 0.5) is 11.8 Å². The average Bonchev–Trinajstić information content (AvgIpc) is 2.91. The Morgan fingerprint density at radius 1 is 1.45 bits per heavy atom. The molecule has 3 unspecified atom stereocenters. The number of hydrogen-bond acceptors (Lipinski definition) is 8. The third-order valence-electron chi connectivity index (χ3n) is 3.95. The van der Waals surface area contributed by atoms with E-state index in [0.29, 0.717) is 24.2 Å². The first-order valence-electron chi connectivity index (χ1n) is 6.29. The highest BCUT2D eigenvalue weighted by atomic mass is 16.6. The van der Waals surface area contributed by atoms with Crippen molar-refractivity contribution in [2.75, 3.05) is 24.7 Å². The molecule has 2 fully saturated rings. The third-order valence-corrected chi connectivity index (χ3v) is 3.95. The molecule has 9 nitrogen and oxygen atoms in total. The van der Waals surface area contributed by atoms with E-state index in [9.17, 15) is 5.11 Å². The molecule has 0 aliphatic carbocycles. The fourth-order valence-electron chi connectivity index (χ4n) is 2.80. The molecule has 106 valence electrons. The molecular formula is C11H14N6O3. The molecule has 0 saturated carbocycles. The Labute approximate surface area is 113 Å². The van der Waals surface area contributed by atoms with Crippen molar-refractivity contribution < 1.29 is 14.6 Å². The standard InChI is InChI=1S/C11H14N6O3/c12-8-7-9(16-10(13)15-8)17(4-14-7)6-1-5-11(2-18,20-6)3-19-5/h4-6,18H,1-3H2,(H4,12,13,15,16). The number of hydrogen-bond donors (Lipinski definition) is 3. The smallest absolute Gasteiger partial charge is 0.224 e. The van der Waals surface area contributed by atoms with Crippen molar-refractivity contribution in [2.45, 2.75) is 24.4 Å². The molecule has 2 saturated heterocycles. The van der Waals surface area contributed by atoms with Gasteiger partial charge in [0, 0.05) is 6.42 Å². The zero-order valence-corrected chi connectivity index (χ0v) is 10.6. The van der Waals surface area contributed by atoms with Crippen molar-refractivity contribution >= 4 is 22.9 Å². The second kappa shape index (κ2) is 3.78. The SMILES string of the molecule is Nc1nc(N)c2ncn(C3CC4OCC4(CO)O3)c2n1. The van der Waals surface area contributed by atoms with Crippen LogP contribution in [-0.2, 0) is 9.47 Å². The Balaban J connectivity index is 1.77. The van der Waals surface area contributed by atoms with E-state index >= 15 is 0 Å². The van der Waals surface area contributed by atoms with Crippen LogP contribution < -0.4 is 11.5 Å². The van der Waals surface area contributed by atoms with E-state index in [1.54, 1.807) is 10.9 Å². The van der Waals surface area contributed by atoms with E-state index in [-0.39, 0.29) is 30.7 Å². The van der Waals surface area contributed by atoms with Crippen LogP contribution in [0.3, 0.4) is 0 Å². The molecule has 20 heavy (non-hydrogen) atoms. The number of aliphatic hydroxyl groups excluding tert-OH is 1. The molecule has 5 N–H and O–H groups in total. The summed E-state index contributed by atoms with van der Waals surface area (Å²) in [5.74, 6) is 0.325. The maximum Gasteiger partial charge on any atom is 0.224 e. The van der Waals surface area contributed by atoms with E-state index in [4.69, 9.17) is 20.9 Å². The lowest BCUT2D eigenvalue weighted by Crippen LogP contribution is -2.58. The van der Waals surface area contributed by atoms with Gasteiger partial charge < -0.3 is 26.0 Å². The van der Waals surface area contributed by atoms with Crippen LogP contribution in [0.2, 0.25) is 0 Å². The van der Waals surface area contributed by atoms with Crippen LogP contribution in [0.25, 0.3) is 11.2 Å². The average molecular weight is 278 g/mol. The Morgan fingerprint density at radius 3 is 2.95 bits per heavy atom. The van der Waals surface area contributed by atoms with Crippen molar-refractivity contribution in [2.24, 2.45) is 0 Å². The molecule has 0 spiro atoms. The zero-order valence-electron chi connectivity index (χ0n) is 10.6. The lowest BCUT2D eigenvalue weighted by Gasteiger charge is -2.41.